The summed E-state index contributed by atoms with van der Waals surface area (Å²) in [6, 6.07) is 10.00. The molecule has 0 spiro atoms. The van der Waals surface area contributed by atoms with Gasteiger partial charge in [-0.3, -0.25) is 4.90 Å². The zero-order valence-electron chi connectivity index (χ0n) is 14.5. The fourth-order valence-corrected chi connectivity index (χ4v) is 3.07. The minimum absolute atomic E-state index is 0.191. The highest BCUT2D eigenvalue weighted by molar-refractivity contribution is 6.30. The zero-order valence-corrected chi connectivity index (χ0v) is 15.3. The van der Waals surface area contributed by atoms with Gasteiger partial charge in [-0.25, -0.2) is 4.98 Å². The first kappa shape index (κ1) is 17.9. The van der Waals surface area contributed by atoms with Crippen LogP contribution in [-0.4, -0.2) is 54.8 Å². The third-order valence-electron chi connectivity index (χ3n) is 4.23. The van der Waals surface area contributed by atoms with Crippen LogP contribution in [0.2, 0.25) is 5.02 Å². The highest BCUT2D eigenvalue weighted by Gasteiger charge is 2.23. The van der Waals surface area contributed by atoms with Crippen molar-refractivity contribution in [3.63, 3.8) is 0 Å². The molecule has 25 heavy (non-hydrogen) atoms. The van der Waals surface area contributed by atoms with Crippen molar-refractivity contribution in [3.05, 3.63) is 46.6 Å². The molecule has 3 rings (SSSR count). The van der Waals surface area contributed by atoms with E-state index in [1.807, 2.05) is 25.1 Å². The quantitative estimate of drug-likeness (QED) is 0.852. The molecular weight excluding hydrogens is 340 g/mol. The van der Waals surface area contributed by atoms with Crippen LogP contribution < -0.4 is 10.1 Å². The van der Waals surface area contributed by atoms with Crippen LogP contribution in [0, 0.1) is 6.92 Å². The summed E-state index contributed by atoms with van der Waals surface area (Å²) in [5.74, 6) is 1.13. The molecule has 0 saturated carbocycles. The number of anilines is 1. The number of halogens is 1. The van der Waals surface area contributed by atoms with Gasteiger partial charge in [0.05, 0.1) is 26.4 Å². The molecule has 7 heteroatoms. The number of benzene rings is 1. The third kappa shape index (κ3) is 4.81. The Bertz CT molecular complexity index is 690. The summed E-state index contributed by atoms with van der Waals surface area (Å²) in [5.41, 5.74) is 2.07. The molecule has 1 N–H and O–H groups in total. The maximum absolute atomic E-state index is 6.04. The fraction of sp³-hybridized carbons (Fsp3) is 0.444. The largest absolute Gasteiger partial charge is 0.481 e. The van der Waals surface area contributed by atoms with Gasteiger partial charge in [-0.05, 0) is 24.6 Å². The van der Waals surface area contributed by atoms with Crippen LogP contribution in [0.5, 0.6) is 5.88 Å². The summed E-state index contributed by atoms with van der Waals surface area (Å²) < 4.78 is 10.7. The number of nitrogens with one attached hydrogen (secondary N) is 1. The number of hydrogen-bond acceptors (Lipinski definition) is 6. The minimum Gasteiger partial charge on any atom is -0.481 e. The van der Waals surface area contributed by atoms with Crippen molar-refractivity contribution in [1.29, 1.82) is 0 Å². The van der Waals surface area contributed by atoms with Crippen molar-refractivity contribution in [2.75, 3.05) is 45.3 Å². The third-order valence-corrected chi connectivity index (χ3v) is 4.49. The van der Waals surface area contributed by atoms with Crippen LogP contribution in [-0.2, 0) is 4.74 Å². The lowest BCUT2D eigenvalue weighted by atomic mass is 10.0. The molecule has 134 valence electrons. The fourth-order valence-electron chi connectivity index (χ4n) is 2.94. The number of nitrogens with zero attached hydrogens (tertiary/aromatic N) is 3. The lowest BCUT2D eigenvalue weighted by Gasteiger charge is -2.35. The Morgan fingerprint density at radius 3 is 2.64 bits per heavy atom. The average Bonchev–Trinajstić information content (AvgIpc) is 2.64. The summed E-state index contributed by atoms with van der Waals surface area (Å²) in [4.78, 5) is 11.2. The SMILES string of the molecule is COc1cc(C)nc(NCC(c2ccc(Cl)cc2)N2CCOCC2)n1. The van der Waals surface area contributed by atoms with E-state index in [0.717, 1.165) is 37.0 Å². The molecule has 6 nitrogen and oxygen atoms in total. The van der Waals surface area contributed by atoms with E-state index < -0.39 is 0 Å². The van der Waals surface area contributed by atoms with Crippen molar-refractivity contribution >= 4 is 17.5 Å². The monoisotopic (exact) mass is 362 g/mol. The molecule has 1 atom stereocenters. The van der Waals surface area contributed by atoms with Crippen LogP contribution in [0.1, 0.15) is 17.3 Å². The van der Waals surface area contributed by atoms with E-state index in [-0.39, 0.29) is 6.04 Å². The van der Waals surface area contributed by atoms with Gasteiger partial charge in [0, 0.05) is 36.4 Å². The van der Waals surface area contributed by atoms with Crippen molar-refractivity contribution in [2.24, 2.45) is 0 Å². The number of aryl methyl sites for hydroxylation is 1. The normalized spacial score (nSPS) is 16.4. The van der Waals surface area contributed by atoms with Crippen LogP contribution in [0.4, 0.5) is 5.95 Å². The van der Waals surface area contributed by atoms with Crippen LogP contribution in [0.25, 0.3) is 0 Å². The standard InChI is InChI=1S/C18H23ClN4O2/c1-13-11-17(24-2)22-18(21-13)20-12-16(23-7-9-25-10-8-23)14-3-5-15(19)6-4-14/h3-6,11,16H,7-10,12H2,1-2H3,(H,20,21,22). The van der Waals surface area contributed by atoms with Gasteiger partial charge in [0.2, 0.25) is 11.8 Å². The highest BCUT2D eigenvalue weighted by atomic mass is 35.5. The maximum Gasteiger partial charge on any atom is 0.226 e. The van der Waals surface area contributed by atoms with Crippen LogP contribution >= 0.6 is 11.6 Å². The molecule has 0 radical (unpaired) electrons. The molecule has 1 saturated heterocycles. The van der Waals surface area contributed by atoms with Gasteiger partial charge in [0.1, 0.15) is 0 Å². The lowest BCUT2D eigenvalue weighted by Crippen LogP contribution is -2.41. The van der Waals surface area contributed by atoms with Gasteiger partial charge in [0.25, 0.3) is 0 Å². The summed E-state index contributed by atoms with van der Waals surface area (Å²) in [6.07, 6.45) is 0. The summed E-state index contributed by atoms with van der Waals surface area (Å²) in [5, 5.41) is 4.09. The molecule has 0 bridgehead atoms. The highest BCUT2D eigenvalue weighted by Crippen LogP contribution is 2.24. The molecule has 0 aliphatic carbocycles. The van der Waals surface area contributed by atoms with E-state index >= 15 is 0 Å². The smallest absolute Gasteiger partial charge is 0.226 e. The Kier molecular flexibility index (Phi) is 6.07. The Morgan fingerprint density at radius 1 is 1.24 bits per heavy atom. The molecule has 1 fully saturated rings. The van der Waals surface area contributed by atoms with Crippen molar-refractivity contribution in [2.45, 2.75) is 13.0 Å². The van der Waals surface area contributed by atoms with Crippen molar-refractivity contribution < 1.29 is 9.47 Å². The van der Waals surface area contributed by atoms with E-state index in [1.165, 1.54) is 5.56 Å². The van der Waals surface area contributed by atoms with Gasteiger partial charge < -0.3 is 14.8 Å². The molecule has 1 aromatic heterocycles. The van der Waals surface area contributed by atoms with Crippen molar-refractivity contribution in [1.82, 2.24) is 14.9 Å². The Labute approximate surface area is 153 Å². The van der Waals surface area contributed by atoms with Crippen LogP contribution in [0.3, 0.4) is 0 Å². The second-order valence-electron chi connectivity index (χ2n) is 5.97. The second-order valence-corrected chi connectivity index (χ2v) is 6.41. The van der Waals surface area contributed by atoms with Crippen molar-refractivity contribution in [3.8, 4) is 5.88 Å². The van der Waals surface area contributed by atoms with E-state index in [1.54, 1.807) is 7.11 Å². The first-order valence-corrected chi connectivity index (χ1v) is 8.74. The zero-order chi connectivity index (χ0) is 17.6. The predicted molar refractivity (Wildman–Crippen MR) is 98.4 cm³/mol. The topological polar surface area (TPSA) is 59.5 Å². The first-order chi connectivity index (χ1) is 12.2. The molecule has 0 amide bonds. The van der Waals surface area contributed by atoms with Crippen LogP contribution in [0.15, 0.2) is 30.3 Å². The lowest BCUT2D eigenvalue weighted by molar-refractivity contribution is 0.0187. The molecule has 1 unspecified atom stereocenters. The van der Waals surface area contributed by atoms with E-state index in [9.17, 15) is 0 Å². The van der Waals surface area contributed by atoms with Gasteiger partial charge in [-0.1, -0.05) is 23.7 Å². The molecule has 1 aromatic carbocycles. The van der Waals surface area contributed by atoms with Gasteiger partial charge in [-0.2, -0.15) is 4.98 Å². The van der Waals surface area contributed by atoms with E-state index in [4.69, 9.17) is 21.1 Å². The molecule has 2 heterocycles. The average molecular weight is 363 g/mol. The first-order valence-electron chi connectivity index (χ1n) is 8.36. The van der Waals surface area contributed by atoms with Gasteiger partial charge >= 0.3 is 0 Å². The van der Waals surface area contributed by atoms with Gasteiger partial charge in [0.15, 0.2) is 0 Å². The Hall–Kier alpha value is -1.89. The number of aromatic nitrogens is 2. The summed E-state index contributed by atoms with van der Waals surface area (Å²) >= 11 is 6.04. The Balaban J connectivity index is 1.77. The maximum atomic E-state index is 6.04. The second kappa shape index (κ2) is 8.47. The number of hydrogen-bond donors (Lipinski definition) is 1. The van der Waals surface area contributed by atoms with E-state index in [2.05, 4.69) is 32.3 Å². The molecule has 1 aliphatic heterocycles. The summed E-state index contributed by atoms with van der Waals surface area (Å²) in [7, 11) is 1.61. The summed E-state index contributed by atoms with van der Waals surface area (Å²) in [6.45, 7) is 5.90. The predicted octanol–water partition coefficient (Wildman–Crippen LogP) is 2.93. The number of ether oxygens (including phenoxy) is 2. The molecule has 1 aliphatic rings. The minimum atomic E-state index is 0.191. The molecular formula is C18H23ClN4O2. The number of rotatable bonds is 6. The van der Waals surface area contributed by atoms with Gasteiger partial charge in [-0.15, -0.1) is 0 Å². The Morgan fingerprint density at radius 2 is 1.96 bits per heavy atom. The van der Waals surface area contributed by atoms with E-state index in [0.29, 0.717) is 18.4 Å². The number of morpholine rings is 1. The molecule has 2 aromatic rings. The number of methoxy groups -OCH3 is 1.